The Bertz CT molecular complexity index is 32.1. The van der Waals surface area contributed by atoms with E-state index in [0.717, 1.165) is 5.75 Å². The van der Waals surface area contributed by atoms with E-state index in [-0.39, 0.29) is 0 Å². The van der Waals surface area contributed by atoms with Gasteiger partial charge in [-0.1, -0.05) is 21.6 Å². The predicted octanol–water partition coefficient (Wildman–Crippen LogP) is 1.47. The van der Waals surface area contributed by atoms with Crippen molar-refractivity contribution in [1.82, 2.24) is 5.54 Å². The van der Waals surface area contributed by atoms with Crippen molar-refractivity contribution < 1.29 is 4.48 Å². The Hall–Kier alpha value is 0.590. The molecule has 1 N–H and O–H groups in total. The van der Waals surface area contributed by atoms with E-state index in [9.17, 15) is 4.48 Å². The second-order valence-electron chi connectivity index (χ2n) is 0.872. The smallest absolute Gasteiger partial charge is 0.0358 e. The summed E-state index contributed by atoms with van der Waals surface area (Å²) in [5, 5.41) is 0. The van der Waals surface area contributed by atoms with Crippen LogP contribution in [0.1, 0.15) is 0 Å². The molecule has 0 saturated heterocycles. The minimum Gasteiger partial charge on any atom is -0.158 e. The van der Waals surface area contributed by atoms with E-state index in [2.05, 4.69) is 0 Å². The van der Waals surface area contributed by atoms with Crippen molar-refractivity contribution in [3.05, 3.63) is 0 Å². The molecule has 0 aromatic rings. The fraction of sp³-hybridized carbons (Fsp3) is 1.00. The minimum atomic E-state index is 0.450. The number of rotatable bonds is 4. The van der Waals surface area contributed by atoms with E-state index in [4.69, 9.17) is 0 Å². The number of hydrogen-bond acceptors (Lipinski definition) is 3. The maximum absolute atomic E-state index is 11.0. The average molecular weight is 141 g/mol. The lowest BCUT2D eigenvalue weighted by atomic mass is 10.8. The fourth-order valence-corrected chi connectivity index (χ4v) is 1.24. The first kappa shape index (κ1) is 7.59. The van der Waals surface area contributed by atoms with Crippen molar-refractivity contribution in [2.24, 2.45) is 0 Å². The molecule has 0 spiro atoms. The van der Waals surface area contributed by atoms with Crippen LogP contribution >= 0.6 is 21.6 Å². The topological polar surface area (TPSA) is 12.0 Å². The maximum Gasteiger partial charge on any atom is 0.0358 e. The van der Waals surface area contributed by atoms with Gasteiger partial charge in [-0.25, -0.2) is 0 Å². The predicted molar refractivity (Wildman–Crippen MR) is 35.1 cm³/mol. The molecule has 44 valence electrons. The fourth-order valence-electron chi connectivity index (χ4n) is 0.164. The highest BCUT2D eigenvalue weighted by molar-refractivity contribution is 8.76. The van der Waals surface area contributed by atoms with Gasteiger partial charge in [0.15, 0.2) is 0 Å². The first-order chi connectivity index (χ1) is 3.41. The maximum atomic E-state index is 11.0. The molecule has 1 nitrogen and oxygen atoms in total. The van der Waals surface area contributed by atoms with Crippen LogP contribution in [0.5, 0.6) is 0 Å². The van der Waals surface area contributed by atoms with Crippen LogP contribution in [-0.2, 0) is 0 Å². The summed E-state index contributed by atoms with van der Waals surface area (Å²) in [4.78, 5) is 0. The molecule has 0 bridgehead atoms. The minimum absolute atomic E-state index is 0.450. The standard InChI is InChI=1S/C3H8FNS2/c1-6-7-3-2-5-4/h5H,2-3H2,1H3. The van der Waals surface area contributed by atoms with E-state index in [0.29, 0.717) is 6.54 Å². The lowest BCUT2D eigenvalue weighted by molar-refractivity contribution is 0.348. The molecule has 0 atom stereocenters. The van der Waals surface area contributed by atoms with Gasteiger partial charge in [0.05, 0.1) is 0 Å². The van der Waals surface area contributed by atoms with Gasteiger partial charge in [0.1, 0.15) is 0 Å². The molecule has 7 heavy (non-hydrogen) atoms. The van der Waals surface area contributed by atoms with Crippen molar-refractivity contribution in [3.63, 3.8) is 0 Å². The highest BCUT2D eigenvalue weighted by Gasteiger charge is 1.81. The Morgan fingerprint density at radius 1 is 1.71 bits per heavy atom. The van der Waals surface area contributed by atoms with Crippen LogP contribution in [0.4, 0.5) is 4.48 Å². The summed E-state index contributed by atoms with van der Waals surface area (Å²) in [6.07, 6.45) is 1.98. The molecule has 0 aromatic heterocycles. The third-order valence-corrected chi connectivity index (χ3v) is 2.21. The molecular weight excluding hydrogens is 133 g/mol. The summed E-state index contributed by atoms with van der Waals surface area (Å²) in [6.45, 7) is 0.450. The first-order valence-electron chi connectivity index (χ1n) is 1.91. The van der Waals surface area contributed by atoms with Crippen molar-refractivity contribution >= 4 is 21.6 Å². The molecule has 0 unspecified atom stereocenters. The molecule has 0 aliphatic heterocycles. The summed E-state index contributed by atoms with van der Waals surface area (Å²) in [5.74, 6) is 0.831. The highest BCUT2D eigenvalue weighted by atomic mass is 33.1. The molecule has 0 rings (SSSR count). The van der Waals surface area contributed by atoms with Gasteiger partial charge in [-0.3, -0.25) is 0 Å². The number of halogens is 1. The van der Waals surface area contributed by atoms with Crippen LogP contribution in [0.15, 0.2) is 0 Å². The summed E-state index contributed by atoms with van der Waals surface area (Å²) < 4.78 is 11.0. The zero-order valence-electron chi connectivity index (χ0n) is 4.11. The molecule has 0 aliphatic rings. The van der Waals surface area contributed by atoms with Crippen LogP contribution in [-0.4, -0.2) is 18.6 Å². The summed E-state index contributed by atoms with van der Waals surface area (Å²) >= 11 is 0. The SMILES string of the molecule is CSSCCNF. The van der Waals surface area contributed by atoms with Crippen molar-refractivity contribution in [1.29, 1.82) is 0 Å². The van der Waals surface area contributed by atoms with Gasteiger partial charge in [-0.15, -0.1) is 4.48 Å². The molecule has 4 heteroatoms. The van der Waals surface area contributed by atoms with Crippen LogP contribution in [0.2, 0.25) is 0 Å². The summed E-state index contributed by atoms with van der Waals surface area (Å²) in [5.41, 5.74) is 1.57. The summed E-state index contributed by atoms with van der Waals surface area (Å²) in [6, 6.07) is 0. The molecule has 0 aliphatic carbocycles. The Morgan fingerprint density at radius 3 is 2.86 bits per heavy atom. The third-order valence-electron chi connectivity index (χ3n) is 0.398. The quantitative estimate of drug-likeness (QED) is 0.362. The van der Waals surface area contributed by atoms with E-state index in [1.165, 1.54) is 0 Å². The van der Waals surface area contributed by atoms with E-state index in [1.807, 2.05) is 6.26 Å². The molecule has 0 aromatic carbocycles. The first-order valence-corrected chi connectivity index (χ1v) is 4.63. The van der Waals surface area contributed by atoms with Gasteiger partial charge in [0, 0.05) is 12.3 Å². The summed E-state index contributed by atoms with van der Waals surface area (Å²) in [7, 11) is 3.30. The van der Waals surface area contributed by atoms with E-state index in [1.54, 1.807) is 27.1 Å². The second kappa shape index (κ2) is 6.59. The van der Waals surface area contributed by atoms with Crippen LogP contribution < -0.4 is 5.54 Å². The van der Waals surface area contributed by atoms with Gasteiger partial charge in [0.25, 0.3) is 0 Å². The molecule has 0 saturated carbocycles. The Morgan fingerprint density at radius 2 is 2.43 bits per heavy atom. The molecule has 0 radical (unpaired) electrons. The lowest BCUT2D eigenvalue weighted by Gasteiger charge is -1.90. The normalized spacial score (nSPS) is 9.43. The average Bonchev–Trinajstić information content (AvgIpc) is 1.69. The largest absolute Gasteiger partial charge is 0.158 e. The molecule has 0 amide bonds. The highest BCUT2D eigenvalue weighted by Crippen LogP contribution is 2.14. The van der Waals surface area contributed by atoms with Crippen LogP contribution in [0, 0.1) is 0 Å². The molecule has 0 fully saturated rings. The van der Waals surface area contributed by atoms with Crippen molar-refractivity contribution in [3.8, 4) is 0 Å². The van der Waals surface area contributed by atoms with Gasteiger partial charge in [-0.2, -0.15) is 5.54 Å². The van der Waals surface area contributed by atoms with Crippen molar-refractivity contribution in [2.45, 2.75) is 0 Å². The number of hydrogen-bond donors (Lipinski definition) is 1. The lowest BCUT2D eigenvalue weighted by Crippen LogP contribution is -2.03. The Kier molecular flexibility index (Phi) is 7.15. The van der Waals surface area contributed by atoms with Crippen molar-refractivity contribution in [2.75, 3.05) is 18.6 Å². The zero-order valence-corrected chi connectivity index (χ0v) is 5.74. The van der Waals surface area contributed by atoms with Gasteiger partial charge in [0.2, 0.25) is 0 Å². The van der Waals surface area contributed by atoms with E-state index < -0.39 is 0 Å². The van der Waals surface area contributed by atoms with Gasteiger partial charge < -0.3 is 0 Å². The van der Waals surface area contributed by atoms with Crippen LogP contribution in [0.25, 0.3) is 0 Å². The van der Waals surface area contributed by atoms with Crippen LogP contribution in [0.3, 0.4) is 0 Å². The third kappa shape index (κ3) is 6.59. The number of nitrogens with one attached hydrogen (secondary N) is 1. The zero-order chi connectivity index (χ0) is 5.54. The Balaban J connectivity index is 2.45. The monoisotopic (exact) mass is 141 g/mol. The van der Waals surface area contributed by atoms with Gasteiger partial charge >= 0.3 is 0 Å². The Labute approximate surface area is 50.8 Å². The second-order valence-corrected chi connectivity index (χ2v) is 3.56. The van der Waals surface area contributed by atoms with Gasteiger partial charge in [-0.05, 0) is 6.26 Å². The van der Waals surface area contributed by atoms with E-state index >= 15 is 0 Å². The molecule has 0 heterocycles. The molecular formula is C3H8FNS2.